The molecule has 0 radical (unpaired) electrons. The number of anilines is 2. The number of benzene rings is 2. The molecule has 2 aromatic heterocycles. The Balaban J connectivity index is 1.22. The summed E-state index contributed by atoms with van der Waals surface area (Å²) in [6, 6.07) is 15.7. The highest BCUT2D eigenvalue weighted by Crippen LogP contribution is 2.45. The molecule has 0 spiro atoms. The Morgan fingerprint density at radius 3 is 2.26 bits per heavy atom. The average Bonchev–Trinajstić information content (AvgIpc) is 3.72. The van der Waals surface area contributed by atoms with Crippen LogP contribution in [0.15, 0.2) is 60.8 Å². The first kappa shape index (κ1) is 23.0. The summed E-state index contributed by atoms with van der Waals surface area (Å²) >= 11 is 0. The van der Waals surface area contributed by atoms with E-state index < -0.39 is 0 Å². The van der Waals surface area contributed by atoms with Crippen molar-refractivity contribution in [1.82, 2.24) is 19.9 Å². The normalized spacial score (nSPS) is 17.0. The van der Waals surface area contributed by atoms with E-state index in [1.165, 1.54) is 31.5 Å². The van der Waals surface area contributed by atoms with Crippen LogP contribution < -0.4 is 10.6 Å². The van der Waals surface area contributed by atoms with E-state index in [9.17, 15) is 9.18 Å². The minimum absolute atomic E-state index is 0.0628. The summed E-state index contributed by atoms with van der Waals surface area (Å²) in [5, 5.41) is 0. The molecule has 2 aromatic carbocycles. The number of carbonyl (C=O) groups excluding carboxylic acids is 1. The predicted molar refractivity (Wildman–Crippen MR) is 145 cm³/mol. The maximum Gasteiger partial charge on any atom is 0.221 e. The Kier molecular flexibility index (Phi) is 5.44. The van der Waals surface area contributed by atoms with Crippen LogP contribution in [0.2, 0.25) is 0 Å². The van der Waals surface area contributed by atoms with Crippen LogP contribution in [-0.2, 0) is 0 Å². The number of piperazine rings is 1. The summed E-state index contributed by atoms with van der Waals surface area (Å²) in [5.74, 6) is 1.42. The van der Waals surface area contributed by atoms with Crippen LogP contribution in [0.3, 0.4) is 0 Å². The molecule has 7 nitrogen and oxygen atoms in total. The number of nitrogen functional groups attached to an aromatic ring is 1. The van der Waals surface area contributed by atoms with Gasteiger partial charge in [0, 0.05) is 61.2 Å². The molecule has 1 saturated carbocycles. The van der Waals surface area contributed by atoms with Crippen molar-refractivity contribution in [3.8, 4) is 33.6 Å². The second-order valence-corrected chi connectivity index (χ2v) is 10.4. The zero-order chi connectivity index (χ0) is 25.8. The monoisotopic (exact) mass is 506 g/mol. The van der Waals surface area contributed by atoms with Crippen molar-refractivity contribution >= 4 is 17.5 Å². The van der Waals surface area contributed by atoms with Gasteiger partial charge in [0.1, 0.15) is 11.6 Å². The van der Waals surface area contributed by atoms with Gasteiger partial charge >= 0.3 is 0 Å². The first-order valence-electron chi connectivity index (χ1n) is 13.1. The quantitative estimate of drug-likeness (QED) is 0.371. The number of fused-ring (bicyclic) bond motifs is 3. The van der Waals surface area contributed by atoms with Crippen molar-refractivity contribution in [2.24, 2.45) is 5.92 Å². The molecular formula is C30H27FN6O. The van der Waals surface area contributed by atoms with Crippen LogP contribution in [0.1, 0.15) is 28.8 Å². The van der Waals surface area contributed by atoms with E-state index in [1.54, 1.807) is 18.2 Å². The summed E-state index contributed by atoms with van der Waals surface area (Å²) in [6.07, 6.45) is 4.64. The number of aromatic nitrogens is 3. The average molecular weight is 507 g/mol. The van der Waals surface area contributed by atoms with Gasteiger partial charge in [-0.15, -0.1) is 0 Å². The smallest absolute Gasteiger partial charge is 0.221 e. The topological polar surface area (TPSA) is 88.2 Å². The standard InChI is InChI=1S/C30H27FN6O/c31-21-9-6-19(7-10-21)27-26-28(35-30(32)34-27)25-22(2-1-3-23(25)29(26)38)20-8-11-24(33-16-20)37-14-12-36(13-15-37)17-18-4-5-18/h1-3,6-11,16,18H,4-5,12-15,17H2,(H2,32,34,35). The van der Waals surface area contributed by atoms with Gasteiger partial charge in [-0.05, 0) is 60.7 Å². The molecular weight excluding hydrogens is 479 g/mol. The minimum Gasteiger partial charge on any atom is -0.368 e. The Hall–Kier alpha value is -4.17. The number of rotatable bonds is 5. The number of carbonyl (C=O) groups is 1. The van der Waals surface area contributed by atoms with Crippen molar-refractivity contribution in [2.45, 2.75) is 12.8 Å². The Morgan fingerprint density at radius 1 is 0.842 bits per heavy atom. The van der Waals surface area contributed by atoms with E-state index >= 15 is 0 Å². The lowest BCUT2D eigenvalue weighted by atomic mass is 9.97. The summed E-state index contributed by atoms with van der Waals surface area (Å²) in [5.41, 5.74) is 11.1. The fourth-order valence-corrected chi connectivity index (χ4v) is 5.62. The molecule has 2 N–H and O–H groups in total. The van der Waals surface area contributed by atoms with Gasteiger partial charge in [0.05, 0.1) is 17.0 Å². The summed E-state index contributed by atoms with van der Waals surface area (Å²) in [6.45, 7) is 5.33. The van der Waals surface area contributed by atoms with E-state index in [0.29, 0.717) is 28.1 Å². The third kappa shape index (κ3) is 4.01. The second-order valence-electron chi connectivity index (χ2n) is 10.4. The van der Waals surface area contributed by atoms with Crippen molar-refractivity contribution in [3.05, 3.63) is 77.7 Å². The number of halogens is 1. The van der Waals surface area contributed by atoms with E-state index in [-0.39, 0.29) is 17.5 Å². The highest BCUT2D eigenvalue weighted by Gasteiger charge is 2.34. The van der Waals surface area contributed by atoms with Crippen LogP contribution >= 0.6 is 0 Å². The lowest BCUT2D eigenvalue weighted by Crippen LogP contribution is -2.47. The van der Waals surface area contributed by atoms with Crippen molar-refractivity contribution in [3.63, 3.8) is 0 Å². The predicted octanol–water partition coefficient (Wildman–Crippen LogP) is 4.67. The molecule has 0 amide bonds. The van der Waals surface area contributed by atoms with Crippen LogP contribution in [-0.4, -0.2) is 58.4 Å². The number of ketones is 1. The van der Waals surface area contributed by atoms with Gasteiger partial charge in [0.25, 0.3) is 0 Å². The molecule has 1 aliphatic heterocycles. The molecule has 3 heterocycles. The molecule has 190 valence electrons. The van der Waals surface area contributed by atoms with Gasteiger partial charge in [0.15, 0.2) is 5.78 Å². The van der Waals surface area contributed by atoms with Gasteiger partial charge in [-0.3, -0.25) is 9.69 Å². The summed E-state index contributed by atoms with van der Waals surface area (Å²) in [7, 11) is 0. The zero-order valence-corrected chi connectivity index (χ0v) is 20.9. The van der Waals surface area contributed by atoms with Gasteiger partial charge in [-0.1, -0.05) is 18.2 Å². The number of pyridine rings is 1. The molecule has 8 heteroatoms. The molecule has 2 aliphatic carbocycles. The maximum atomic E-state index is 13.6. The summed E-state index contributed by atoms with van der Waals surface area (Å²) < 4.78 is 13.6. The first-order chi connectivity index (χ1) is 18.5. The molecule has 7 rings (SSSR count). The lowest BCUT2D eigenvalue weighted by Gasteiger charge is -2.35. The van der Waals surface area contributed by atoms with Crippen LogP contribution in [0.4, 0.5) is 16.2 Å². The molecule has 4 aromatic rings. The molecule has 1 saturated heterocycles. The van der Waals surface area contributed by atoms with E-state index in [2.05, 4.69) is 31.9 Å². The molecule has 0 atom stereocenters. The number of hydrogen-bond acceptors (Lipinski definition) is 7. The highest BCUT2D eigenvalue weighted by molar-refractivity contribution is 6.25. The SMILES string of the molecule is Nc1nc(-c2ccc(F)cc2)c2c(n1)-c1c(cccc1-c1ccc(N3CCN(CC4CC4)CC3)nc1)C2=O. The Labute approximate surface area is 220 Å². The van der Waals surface area contributed by atoms with Gasteiger partial charge in [0.2, 0.25) is 5.95 Å². The fourth-order valence-electron chi connectivity index (χ4n) is 5.62. The van der Waals surface area contributed by atoms with Gasteiger partial charge < -0.3 is 10.6 Å². The van der Waals surface area contributed by atoms with Crippen molar-refractivity contribution < 1.29 is 9.18 Å². The van der Waals surface area contributed by atoms with Crippen molar-refractivity contribution in [1.29, 1.82) is 0 Å². The van der Waals surface area contributed by atoms with E-state index in [1.807, 2.05) is 18.3 Å². The van der Waals surface area contributed by atoms with Crippen molar-refractivity contribution in [2.75, 3.05) is 43.4 Å². The Bertz CT molecular complexity index is 1540. The van der Waals surface area contributed by atoms with Gasteiger partial charge in [-0.2, -0.15) is 0 Å². The number of hydrogen-bond donors (Lipinski definition) is 1. The van der Waals surface area contributed by atoms with E-state index in [0.717, 1.165) is 54.6 Å². The second kappa shape index (κ2) is 8.99. The van der Waals surface area contributed by atoms with Gasteiger partial charge in [-0.25, -0.2) is 19.3 Å². The van der Waals surface area contributed by atoms with Crippen LogP contribution in [0, 0.1) is 11.7 Å². The van der Waals surface area contributed by atoms with Crippen LogP contribution in [0.25, 0.3) is 33.6 Å². The molecule has 0 bridgehead atoms. The maximum absolute atomic E-state index is 13.6. The molecule has 2 fully saturated rings. The molecule has 38 heavy (non-hydrogen) atoms. The highest BCUT2D eigenvalue weighted by atomic mass is 19.1. The molecule has 0 unspecified atom stereocenters. The summed E-state index contributed by atoms with van der Waals surface area (Å²) in [4.78, 5) is 32.2. The largest absolute Gasteiger partial charge is 0.368 e. The fraction of sp³-hybridized carbons (Fsp3) is 0.267. The third-order valence-corrected chi connectivity index (χ3v) is 7.79. The first-order valence-corrected chi connectivity index (χ1v) is 13.1. The number of nitrogens with zero attached hydrogens (tertiary/aromatic N) is 5. The molecule has 3 aliphatic rings. The van der Waals surface area contributed by atoms with E-state index in [4.69, 9.17) is 10.7 Å². The van der Waals surface area contributed by atoms with Crippen LogP contribution in [0.5, 0.6) is 0 Å². The third-order valence-electron chi connectivity index (χ3n) is 7.79. The zero-order valence-electron chi connectivity index (χ0n) is 20.9. The minimum atomic E-state index is -0.361. The lowest BCUT2D eigenvalue weighted by molar-refractivity contribution is 0.104. The number of nitrogens with two attached hydrogens (primary N) is 1. The Morgan fingerprint density at radius 2 is 1.55 bits per heavy atom.